The highest BCUT2D eigenvalue weighted by molar-refractivity contribution is 9.10. The molecule has 0 amide bonds. The van der Waals surface area contributed by atoms with Gasteiger partial charge in [0, 0.05) is 12.3 Å². The number of benzene rings is 1. The van der Waals surface area contributed by atoms with Crippen molar-refractivity contribution in [3.05, 3.63) is 52.1 Å². The molecule has 0 aliphatic heterocycles. The lowest BCUT2D eigenvalue weighted by molar-refractivity contribution is 0.281. The summed E-state index contributed by atoms with van der Waals surface area (Å²) in [6.45, 7) is 2.00. The van der Waals surface area contributed by atoms with E-state index in [1.165, 1.54) is 0 Å². The van der Waals surface area contributed by atoms with Crippen molar-refractivity contribution in [1.82, 2.24) is 4.98 Å². The Balaban J connectivity index is 2.19. The van der Waals surface area contributed by atoms with Crippen molar-refractivity contribution in [1.29, 1.82) is 0 Å². The van der Waals surface area contributed by atoms with Gasteiger partial charge in [0.2, 0.25) is 5.88 Å². The van der Waals surface area contributed by atoms with E-state index in [1.54, 1.807) is 18.3 Å². The lowest BCUT2D eigenvalue weighted by Crippen LogP contribution is -1.91. The Morgan fingerprint density at radius 2 is 2.12 bits per heavy atom. The van der Waals surface area contributed by atoms with Gasteiger partial charge >= 0.3 is 0 Å². The molecule has 0 fully saturated rings. The van der Waals surface area contributed by atoms with Crippen molar-refractivity contribution in [2.75, 3.05) is 0 Å². The van der Waals surface area contributed by atoms with E-state index >= 15 is 0 Å². The summed E-state index contributed by atoms with van der Waals surface area (Å²) in [7, 11) is 0. The molecule has 0 saturated carbocycles. The van der Waals surface area contributed by atoms with Crippen LogP contribution in [0, 0.1) is 6.92 Å². The molecule has 1 heterocycles. The quantitative estimate of drug-likeness (QED) is 0.943. The van der Waals surface area contributed by atoms with Crippen LogP contribution in [0.4, 0.5) is 0 Å². The van der Waals surface area contributed by atoms with E-state index in [4.69, 9.17) is 9.84 Å². The van der Waals surface area contributed by atoms with E-state index in [-0.39, 0.29) is 6.61 Å². The van der Waals surface area contributed by atoms with Crippen LogP contribution < -0.4 is 4.74 Å². The highest BCUT2D eigenvalue weighted by atomic mass is 79.9. The van der Waals surface area contributed by atoms with E-state index in [0.29, 0.717) is 5.88 Å². The summed E-state index contributed by atoms with van der Waals surface area (Å²) in [4.78, 5) is 4.11. The highest BCUT2D eigenvalue weighted by Gasteiger charge is 2.03. The highest BCUT2D eigenvalue weighted by Crippen LogP contribution is 2.29. The number of hydrogen-bond donors (Lipinski definition) is 1. The summed E-state index contributed by atoms with van der Waals surface area (Å²) in [6, 6.07) is 9.36. The number of aliphatic hydroxyl groups excluding tert-OH is 1. The van der Waals surface area contributed by atoms with Crippen LogP contribution in [-0.4, -0.2) is 10.1 Å². The number of aryl methyl sites for hydroxylation is 1. The number of hydrogen-bond acceptors (Lipinski definition) is 3. The first kappa shape index (κ1) is 12.1. The Kier molecular flexibility index (Phi) is 3.76. The maximum atomic E-state index is 8.90. The largest absolute Gasteiger partial charge is 0.438 e. The average Bonchev–Trinajstić information content (AvgIpc) is 2.34. The zero-order chi connectivity index (χ0) is 12.3. The summed E-state index contributed by atoms with van der Waals surface area (Å²) in [5.41, 5.74) is 1.92. The number of pyridine rings is 1. The average molecular weight is 294 g/mol. The predicted molar refractivity (Wildman–Crippen MR) is 69.1 cm³/mol. The van der Waals surface area contributed by atoms with Gasteiger partial charge in [0.1, 0.15) is 5.75 Å². The van der Waals surface area contributed by atoms with Gasteiger partial charge in [0.15, 0.2) is 0 Å². The first-order valence-corrected chi connectivity index (χ1v) is 5.98. The van der Waals surface area contributed by atoms with Crippen LogP contribution in [0.2, 0.25) is 0 Å². The summed E-state index contributed by atoms with van der Waals surface area (Å²) < 4.78 is 6.52. The third-order valence-electron chi connectivity index (χ3n) is 2.28. The number of halogens is 1. The van der Waals surface area contributed by atoms with Gasteiger partial charge in [0.05, 0.1) is 11.1 Å². The van der Waals surface area contributed by atoms with Crippen LogP contribution in [0.25, 0.3) is 0 Å². The maximum Gasteiger partial charge on any atom is 0.219 e. The smallest absolute Gasteiger partial charge is 0.219 e. The van der Waals surface area contributed by atoms with Gasteiger partial charge in [0.25, 0.3) is 0 Å². The molecule has 0 saturated heterocycles. The Morgan fingerprint density at radius 3 is 2.71 bits per heavy atom. The van der Waals surface area contributed by atoms with Gasteiger partial charge in [-0.1, -0.05) is 6.07 Å². The van der Waals surface area contributed by atoms with Crippen LogP contribution in [0.1, 0.15) is 11.1 Å². The van der Waals surface area contributed by atoms with Crippen LogP contribution in [0.15, 0.2) is 41.0 Å². The first-order chi connectivity index (χ1) is 8.19. The summed E-state index contributed by atoms with van der Waals surface area (Å²) in [5.74, 6) is 1.23. The zero-order valence-corrected chi connectivity index (χ0v) is 10.9. The van der Waals surface area contributed by atoms with E-state index in [0.717, 1.165) is 21.3 Å². The van der Waals surface area contributed by atoms with Crippen molar-refractivity contribution < 1.29 is 9.84 Å². The molecule has 4 heteroatoms. The van der Waals surface area contributed by atoms with Crippen LogP contribution in [0.3, 0.4) is 0 Å². The molecule has 0 spiro atoms. The fraction of sp³-hybridized carbons (Fsp3) is 0.154. The molecular formula is C13H12BrNO2. The maximum absolute atomic E-state index is 8.90. The van der Waals surface area contributed by atoms with E-state index in [9.17, 15) is 0 Å². The van der Waals surface area contributed by atoms with Crippen molar-refractivity contribution in [3.8, 4) is 11.6 Å². The number of nitrogens with zero attached hydrogens (tertiary/aromatic N) is 1. The molecule has 3 nitrogen and oxygen atoms in total. The zero-order valence-electron chi connectivity index (χ0n) is 9.35. The molecule has 0 unspecified atom stereocenters. The molecule has 0 radical (unpaired) electrons. The molecule has 1 aromatic heterocycles. The molecular weight excluding hydrogens is 282 g/mol. The Labute approximate surface area is 108 Å². The SMILES string of the molecule is Cc1ccc(Oc2ccc(CO)cn2)c(Br)c1. The normalized spacial score (nSPS) is 10.3. The standard InChI is InChI=1S/C13H12BrNO2/c1-9-2-4-12(11(14)6-9)17-13-5-3-10(8-16)7-15-13/h2-7,16H,8H2,1H3. The number of ether oxygens (including phenoxy) is 1. The van der Waals surface area contributed by atoms with Crippen LogP contribution in [-0.2, 0) is 6.61 Å². The number of aliphatic hydroxyl groups is 1. The van der Waals surface area contributed by atoms with Gasteiger partial charge in [-0.2, -0.15) is 0 Å². The Bertz CT molecular complexity index is 511. The minimum absolute atomic E-state index is 0.0124. The van der Waals surface area contributed by atoms with Gasteiger partial charge < -0.3 is 9.84 Å². The summed E-state index contributed by atoms with van der Waals surface area (Å²) in [6.07, 6.45) is 1.59. The molecule has 1 aromatic carbocycles. The van der Waals surface area contributed by atoms with Crippen molar-refractivity contribution in [3.63, 3.8) is 0 Å². The van der Waals surface area contributed by atoms with Gasteiger partial charge in [-0.25, -0.2) is 4.98 Å². The van der Waals surface area contributed by atoms with E-state index in [1.807, 2.05) is 25.1 Å². The fourth-order valence-corrected chi connectivity index (χ4v) is 1.94. The van der Waals surface area contributed by atoms with Gasteiger partial charge in [-0.05, 0) is 52.2 Å². The van der Waals surface area contributed by atoms with Crippen LogP contribution >= 0.6 is 15.9 Å². The molecule has 0 aliphatic carbocycles. The lowest BCUT2D eigenvalue weighted by atomic mass is 10.2. The molecule has 17 heavy (non-hydrogen) atoms. The second-order valence-corrected chi connectivity index (χ2v) is 4.55. The molecule has 0 atom stereocenters. The molecule has 2 aromatic rings. The number of rotatable bonds is 3. The summed E-state index contributed by atoms with van der Waals surface area (Å²) in [5, 5.41) is 8.90. The Morgan fingerprint density at radius 1 is 1.29 bits per heavy atom. The third kappa shape index (κ3) is 3.05. The molecule has 0 aliphatic rings. The molecule has 0 bridgehead atoms. The monoisotopic (exact) mass is 293 g/mol. The number of aromatic nitrogens is 1. The minimum Gasteiger partial charge on any atom is -0.438 e. The van der Waals surface area contributed by atoms with E-state index in [2.05, 4.69) is 20.9 Å². The van der Waals surface area contributed by atoms with E-state index < -0.39 is 0 Å². The topological polar surface area (TPSA) is 42.4 Å². The molecule has 1 N–H and O–H groups in total. The lowest BCUT2D eigenvalue weighted by Gasteiger charge is -2.07. The predicted octanol–water partition coefficient (Wildman–Crippen LogP) is 3.44. The van der Waals surface area contributed by atoms with Crippen molar-refractivity contribution >= 4 is 15.9 Å². The minimum atomic E-state index is -0.0124. The Hall–Kier alpha value is -1.39. The van der Waals surface area contributed by atoms with Gasteiger partial charge in [-0.3, -0.25) is 0 Å². The van der Waals surface area contributed by atoms with Crippen molar-refractivity contribution in [2.45, 2.75) is 13.5 Å². The fourth-order valence-electron chi connectivity index (χ4n) is 1.37. The molecule has 2 rings (SSSR count). The summed E-state index contributed by atoms with van der Waals surface area (Å²) >= 11 is 3.44. The first-order valence-electron chi connectivity index (χ1n) is 5.19. The molecule has 88 valence electrons. The second-order valence-electron chi connectivity index (χ2n) is 3.70. The van der Waals surface area contributed by atoms with Gasteiger partial charge in [-0.15, -0.1) is 0 Å². The third-order valence-corrected chi connectivity index (χ3v) is 2.90. The van der Waals surface area contributed by atoms with Crippen molar-refractivity contribution in [2.24, 2.45) is 0 Å². The second kappa shape index (κ2) is 5.29. The van der Waals surface area contributed by atoms with Crippen LogP contribution in [0.5, 0.6) is 11.6 Å².